The first-order chi connectivity index (χ1) is 9.61. The summed E-state index contributed by atoms with van der Waals surface area (Å²) in [7, 11) is 2.08. The van der Waals surface area contributed by atoms with Gasteiger partial charge in [-0.2, -0.15) is 5.26 Å². The lowest BCUT2D eigenvalue weighted by molar-refractivity contribution is -0.385. The average molecular weight is 275 g/mol. The standard InChI is InChI=1S/C13H17N5O2/c1-17-5-3-2-4-11(17)8-15-13-10(7-14)6-12(9-16-13)18(19)20/h6,9,11H,2-5,8H2,1H3,(H,15,16). The van der Waals surface area contributed by atoms with Gasteiger partial charge in [0.05, 0.1) is 4.92 Å². The lowest BCUT2D eigenvalue weighted by Gasteiger charge is -2.32. The smallest absolute Gasteiger partial charge is 0.289 e. The Hall–Kier alpha value is -2.20. The van der Waals surface area contributed by atoms with E-state index in [1.807, 2.05) is 6.07 Å². The number of hydrogen-bond acceptors (Lipinski definition) is 6. The molecule has 1 aliphatic heterocycles. The second-order valence-corrected chi connectivity index (χ2v) is 4.97. The molecule has 7 heteroatoms. The number of hydrogen-bond donors (Lipinski definition) is 1. The molecule has 1 aromatic heterocycles. The average Bonchev–Trinajstić information content (AvgIpc) is 2.46. The normalized spacial score (nSPS) is 19.3. The molecule has 0 amide bonds. The molecule has 7 nitrogen and oxygen atoms in total. The maximum atomic E-state index is 10.7. The summed E-state index contributed by atoms with van der Waals surface area (Å²) in [4.78, 5) is 16.4. The van der Waals surface area contributed by atoms with E-state index in [1.165, 1.54) is 25.1 Å². The molecule has 1 atom stereocenters. The van der Waals surface area contributed by atoms with Crippen molar-refractivity contribution in [2.24, 2.45) is 0 Å². The Balaban J connectivity index is 2.05. The summed E-state index contributed by atoms with van der Waals surface area (Å²) in [5.41, 5.74) is 0.0412. The maximum absolute atomic E-state index is 10.7. The molecule has 1 N–H and O–H groups in total. The van der Waals surface area contributed by atoms with Crippen molar-refractivity contribution in [3.8, 4) is 6.07 Å². The van der Waals surface area contributed by atoms with Gasteiger partial charge in [-0.3, -0.25) is 10.1 Å². The minimum absolute atomic E-state index is 0.165. The highest BCUT2D eigenvalue weighted by Gasteiger charge is 2.19. The fourth-order valence-corrected chi connectivity index (χ4v) is 2.40. The van der Waals surface area contributed by atoms with Crippen LogP contribution in [0, 0.1) is 21.4 Å². The van der Waals surface area contributed by atoms with Crippen molar-refractivity contribution in [2.75, 3.05) is 25.5 Å². The third-order valence-corrected chi connectivity index (χ3v) is 3.63. The third kappa shape index (κ3) is 3.22. The van der Waals surface area contributed by atoms with Gasteiger partial charge >= 0.3 is 0 Å². The number of rotatable bonds is 4. The molecule has 20 heavy (non-hydrogen) atoms. The van der Waals surface area contributed by atoms with Crippen LogP contribution >= 0.6 is 0 Å². The van der Waals surface area contributed by atoms with Gasteiger partial charge in [-0.05, 0) is 26.4 Å². The quantitative estimate of drug-likeness (QED) is 0.664. The van der Waals surface area contributed by atoms with Crippen LogP contribution in [0.5, 0.6) is 0 Å². The van der Waals surface area contributed by atoms with Crippen molar-refractivity contribution < 1.29 is 4.92 Å². The molecule has 1 unspecified atom stereocenters. The van der Waals surface area contributed by atoms with Gasteiger partial charge in [0.15, 0.2) is 0 Å². The van der Waals surface area contributed by atoms with Gasteiger partial charge in [-0.15, -0.1) is 0 Å². The van der Waals surface area contributed by atoms with Crippen LogP contribution in [0.1, 0.15) is 24.8 Å². The van der Waals surface area contributed by atoms with Gasteiger partial charge in [0.2, 0.25) is 0 Å². The summed E-state index contributed by atoms with van der Waals surface area (Å²) in [6, 6.07) is 3.61. The lowest BCUT2D eigenvalue weighted by atomic mass is 10.0. The number of likely N-dealkylation sites (N-methyl/N-ethyl adjacent to an activating group) is 1. The van der Waals surface area contributed by atoms with Crippen molar-refractivity contribution in [3.63, 3.8) is 0 Å². The molecule has 0 spiro atoms. The van der Waals surface area contributed by atoms with E-state index in [0.29, 0.717) is 18.4 Å². The van der Waals surface area contributed by atoms with Crippen LogP contribution in [0.4, 0.5) is 11.5 Å². The summed E-state index contributed by atoms with van der Waals surface area (Å²) >= 11 is 0. The van der Waals surface area contributed by atoms with Gasteiger partial charge in [-0.25, -0.2) is 4.98 Å². The predicted octanol–water partition coefficient (Wildman–Crippen LogP) is 1.76. The second kappa shape index (κ2) is 6.30. The number of piperidine rings is 1. The Bertz CT molecular complexity index is 540. The first-order valence-electron chi connectivity index (χ1n) is 6.60. The number of nitrogens with zero attached hydrogens (tertiary/aromatic N) is 4. The first-order valence-corrected chi connectivity index (χ1v) is 6.60. The van der Waals surface area contributed by atoms with Crippen molar-refractivity contribution in [1.29, 1.82) is 5.26 Å². The van der Waals surface area contributed by atoms with Crippen LogP contribution in [0.2, 0.25) is 0 Å². The number of pyridine rings is 1. The molecule has 0 bridgehead atoms. The third-order valence-electron chi connectivity index (χ3n) is 3.63. The number of nitriles is 1. The zero-order valence-corrected chi connectivity index (χ0v) is 11.4. The summed E-state index contributed by atoms with van der Waals surface area (Å²) in [5.74, 6) is 0.414. The highest BCUT2D eigenvalue weighted by atomic mass is 16.6. The van der Waals surface area contributed by atoms with E-state index in [1.54, 1.807) is 0 Å². The van der Waals surface area contributed by atoms with Crippen molar-refractivity contribution in [3.05, 3.63) is 27.9 Å². The Kier molecular flexibility index (Phi) is 4.48. The molecular formula is C13H17N5O2. The molecule has 0 saturated carbocycles. The van der Waals surface area contributed by atoms with Crippen LogP contribution < -0.4 is 5.32 Å². The molecule has 2 rings (SSSR count). The van der Waals surface area contributed by atoms with Crippen molar-refractivity contribution in [2.45, 2.75) is 25.3 Å². The van der Waals surface area contributed by atoms with Crippen LogP contribution in [0.25, 0.3) is 0 Å². The van der Waals surface area contributed by atoms with Crippen molar-refractivity contribution >= 4 is 11.5 Å². The van der Waals surface area contributed by atoms with Crippen LogP contribution in [0.15, 0.2) is 12.3 Å². The molecule has 1 saturated heterocycles. The SMILES string of the molecule is CN1CCCCC1CNc1ncc([N+](=O)[O-])cc1C#N. The molecule has 0 radical (unpaired) electrons. The van der Waals surface area contributed by atoms with Crippen LogP contribution in [0.3, 0.4) is 0 Å². The molecule has 0 aliphatic carbocycles. The predicted molar refractivity (Wildman–Crippen MR) is 74.4 cm³/mol. The Morgan fingerprint density at radius 1 is 1.65 bits per heavy atom. The molecule has 1 fully saturated rings. The zero-order chi connectivity index (χ0) is 14.5. The summed E-state index contributed by atoms with van der Waals surface area (Å²) in [6.07, 6.45) is 4.70. The van der Waals surface area contributed by atoms with E-state index in [0.717, 1.165) is 13.0 Å². The van der Waals surface area contributed by atoms with Gasteiger partial charge in [0, 0.05) is 18.7 Å². The molecule has 2 heterocycles. The van der Waals surface area contributed by atoms with E-state index in [9.17, 15) is 10.1 Å². The molecular weight excluding hydrogens is 258 g/mol. The van der Waals surface area contributed by atoms with Gasteiger partial charge in [-0.1, -0.05) is 6.42 Å². The number of nitrogens with one attached hydrogen (secondary N) is 1. The Labute approximate surface area is 117 Å². The van der Waals surface area contributed by atoms with Crippen LogP contribution in [-0.2, 0) is 0 Å². The van der Waals surface area contributed by atoms with E-state index in [-0.39, 0.29) is 11.3 Å². The number of aromatic nitrogens is 1. The Morgan fingerprint density at radius 3 is 3.10 bits per heavy atom. The Morgan fingerprint density at radius 2 is 2.45 bits per heavy atom. The van der Waals surface area contributed by atoms with E-state index < -0.39 is 4.92 Å². The highest BCUT2D eigenvalue weighted by molar-refractivity contribution is 5.55. The van der Waals surface area contributed by atoms with Crippen LogP contribution in [-0.4, -0.2) is 41.0 Å². The van der Waals surface area contributed by atoms with E-state index >= 15 is 0 Å². The van der Waals surface area contributed by atoms with Gasteiger partial charge in [0.25, 0.3) is 5.69 Å². The number of likely N-dealkylation sites (tertiary alicyclic amines) is 1. The number of nitro groups is 1. The summed E-state index contributed by atoms with van der Waals surface area (Å²) < 4.78 is 0. The monoisotopic (exact) mass is 275 g/mol. The van der Waals surface area contributed by atoms with E-state index in [4.69, 9.17) is 5.26 Å². The minimum Gasteiger partial charge on any atom is -0.367 e. The van der Waals surface area contributed by atoms with Gasteiger partial charge < -0.3 is 10.2 Å². The maximum Gasteiger partial charge on any atom is 0.289 e. The molecule has 0 aromatic carbocycles. The van der Waals surface area contributed by atoms with Gasteiger partial charge in [0.1, 0.15) is 23.6 Å². The lowest BCUT2D eigenvalue weighted by Crippen LogP contribution is -2.40. The molecule has 106 valence electrons. The first kappa shape index (κ1) is 14.2. The number of anilines is 1. The minimum atomic E-state index is -0.549. The zero-order valence-electron chi connectivity index (χ0n) is 11.4. The van der Waals surface area contributed by atoms with E-state index in [2.05, 4.69) is 22.2 Å². The molecule has 1 aliphatic rings. The fourth-order valence-electron chi connectivity index (χ4n) is 2.40. The summed E-state index contributed by atoms with van der Waals surface area (Å²) in [5, 5.41) is 22.8. The summed E-state index contributed by atoms with van der Waals surface area (Å²) in [6.45, 7) is 1.77. The van der Waals surface area contributed by atoms with Crippen molar-refractivity contribution in [1.82, 2.24) is 9.88 Å². The topological polar surface area (TPSA) is 95.1 Å². The largest absolute Gasteiger partial charge is 0.367 e. The molecule has 1 aromatic rings. The second-order valence-electron chi connectivity index (χ2n) is 4.97. The highest BCUT2D eigenvalue weighted by Crippen LogP contribution is 2.20. The fraction of sp³-hybridized carbons (Fsp3) is 0.538.